The van der Waals surface area contributed by atoms with Gasteiger partial charge >= 0.3 is 18.2 Å². The number of allylic oxidation sites excluding steroid dienone is 2. The highest BCUT2D eigenvalue weighted by Gasteiger charge is 2.52. The Morgan fingerprint density at radius 3 is 2.18 bits per heavy atom. The van der Waals surface area contributed by atoms with E-state index in [-0.39, 0.29) is 4.68 Å². The Hall–Kier alpha value is -2.31. The average Bonchev–Trinajstić information content (AvgIpc) is 2.89. The zero-order valence-corrected chi connectivity index (χ0v) is 10.5. The van der Waals surface area contributed by atoms with Gasteiger partial charge in [0, 0.05) is 0 Å². The van der Waals surface area contributed by atoms with Gasteiger partial charge in [0.05, 0.1) is 11.2 Å². The summed E-state index contributed by atoms with van der Waals surface area (Å²) >= 11 is 5.43. The van der Waals surface area contributed by atoms with E-state index in [4.69, 9.17) is 11.6 Å². The van der Waals surface area contributed by atoms with Gasteiger partial charge in [-0.05, 0) is 4.92 Å². The fourth-order valence-corrected chi connectivity index (χ4v) is 1.70. The Kier molecular flexibility index (Phi) is 3.55. The van der Waals surface area contributed by atoms with Crippen molar-refractivity contribution in [2.45, 2.75) is 12.4 Å². The van der Waals surface area contributed by atoms with Crippen LogP contribution in [-0.4, -0.2) is 32.8 Å². The summed E-state index contributed by atoms with van der Waals surface area (Å²) in [7, 11) is 0. The predicted molar refractivity (Wildman–Crippen MR) is 58.8 cm³/mol. The average molecular weight is 349 g/mol. The van der Waals surface area contributed by atoms with Crippen LogP contribution >= 0.6 is 11.6 Å². The van der Waals surface area contributed by atoms with Crippen LogP contribution in [0.15, 0.2) is 16.9 Å². The van der Waals surface area contributed by atoms with Crippen LogP contribution in [0.2, 0.25) is 5.15 Å². The normalized spacial score (nSPS) is 15.9. The van der Waals surface area contributed by atoms with E-state index in [1.54, 1.807) is 0 Å². The lowest BCUT2D eigenvalue weighted by molar-refractivity contribution is -0.389. The fourth-order valence-electron chi connectivity index (χ4n) is 1.48. The van der Waals surface area contributed by atoms with Crippen LogP contribution in [0.1, 0.15) is 0 Å². The highest BCUT2D eigenvalue weighted by atomic mass is 35.5. The zero-order valence-electron chi connectivity index (χ0n) is 9.78. The van der Waals surface area contributed by atoms with E-state index < -0.39 is 45.4 Å². The summed E-state index contributed by atoms with van der Waals surface area (Å²) in [6, 6.07) is 0.495. The molecule has 1 radical (unpaired) electrons. The maximum atomic E-state index is 12.7. The molecule has 0 atom stereocenters. The topological polar surface area (TPSA) is 87.4 Å². The van der Waals surface area contributed by atoms with Crippen molar-refractivity contribution in [1.82, 2.24) is 15.2 Å². The molecule has 0 fully saturated rings. The van der Waals surface area contributed by atoms with Crippen molar-refractivity contribution < 1.29 is 31.3 Å². The van der Waals surface area contributed by atoms with E-state index in [0.29, 0.717) is 6.07 Å². The number of rotatable bonds is 2. The Bertz CT molecular complexity index is 703. The van der Waals surface area contributed by atoms with E-state index in [2.05, 4.69) is 15.6 Å². The van der Waals surface area contributed by atoms with E-state index >= 15 is 0 Å². The third-order valence-electron chi connectivity index (χ3n) is 2.29. The van der Waals surface area contributed by atoms with Gasteiger partial charge in [0.15, 0.2) is 22.3 Å². The maximum absolute atomic E-state index is 12.7. The lowest BCUT2D eigenvalue weighted by Gasteiger charge is -2.10. The van der Waals surface area contributed by atoms with Crippen molar-refractivity contribution in [1.29, 1.82) is 0 Å². The van der Waals surface area contributed by atoms with Gasteiger partial charge in [-0.15, -0.1) is 15.2 Å². The minimum atomic E-state index is -5.30. The summed E-state index contributed by atoms with van der Waals surface area (Å²) < 4.78 is 76.4. The molecular formula is C8HClF6N5O2. The molecule has 1 aliphatic rings. The first-order valence-electron chi connectivity index (χ1n) is 5.01. The highest BCUT2D eigenvalue weighted by molar-refractivity contribution is 6.32. The molecule has 0 spiro atoms. The summed E-state index contributed by atoms with van der Waals surface area (Å²) in [4.78, 5) is 9.36. The molecule has 2 rings (SSSR count). The lowest BCUT2D eigenvalue weighted by Crippen LogP contribution is -2.27. The Morgan fingerprint density at radius 1 is 1.18 bits per heavy atom. The molecule has 2 heterocycles. The largest absolute Gasteiger partial charge is 0.437 e. The van der Waals surface area contributed by atoms with Gasteiger partial charge in [-0.25, -0.2) is 0 Å². The van der Waals surface area contributed by atoms with Gasteiger partial charge in [0.25, 0.3) is 0 Å². The van der Waals surface area contributed by atoms with Crippen LogP contribution in [0, 0.1) is 10.1 Å². The van der Waals surface area contributed by atoms with Crippen LogP contribution in [0.4, 0.5) is 32.2 Å². The molecule has 0 saturated carbocycles. The maximum Gasteiger partial charge on any atom is 0.437 e. The minimum absolute atomic E-state index is 0.0780. The second kappa shape index (κ2) is 4.86. The molecule has 119 valence electrons. The number of hydrogen-bond donors (Lipinski definition) is 0. The molecule has 1 aromatic heterocycles. The molecule has 0 N–H and O–H groups in total. The van der Waals surface area contributed by atoms with Crippen LogP contribution in [-0.2, 0) is 0 Å². The number of aromatic nitrogens is 2. The van der Waals surface area contributed by atoms with E-state index in [1.165, 1.54) is 0 Å². The molecular weight excluding hydrogens is 348 g/mol. The second-order valence-electron chi connectivity index (χ2n) is 3.74. The standard InChI is InChI=1S/C8HClF6N5O2/c9-2-1-3(20(21)22)18-19(2)4-5(7(10,11)12)16-17-6(4)8(13,14)15/h1H. The molecule has 22 heavy (non-hydrogen) atoms. The van der Waals surface area contributed by atoms with Crippen molar-refractivity contribution in [2.75, 3.05) is 0 Å². The van der Waals surface area contributed by atoms with Gasteiger partial charge in [0.1, 0.15) is 0 Å². The first-order chi connectivity index (χ1) is 9.93. The number of alkyl halides is 6. The number of hydrogen-bond acceptors (Lipinski definition) is 4. The van der Waals surface area contributed by atoms with Gasteiger partial charge in [-0.1, -0.05) is 11.6 Å². The summed E-state index contributed by atoms with van der Waals surface area (Å²) in [5.74, 6) is -1.03. The molecule has 7 nitrogen and oxygen atoms in total. The van der Waals surface area contributed by atoms with Crippen LogP contribution in [0.25, 0.3) is 5.70 Å². The second-order valence-corrected chi connectivity index (χ2v) is 4.12. The Morgan fingerprint density at radius 2 is 1.77 bits per heavy atom. The van der Waals surface area contributed by atoms with Gasteiger partial charge in [0.2, 0.25) is 0 Å². The van der Waals surface area contributed by atoms with Crippen molar-refractivity contribution in [2.24, 2.45) is 5.10 Å². The Labute approximate surface area is 121 Å². The summed E-state index contributed by atoms with van der Waals surface area (Å²) in [6.07, 6.45) is -10.6. The van der Waals surface area contributed by atoms with Gasteiger partial charge in [-0.2, -0.15) is 26.3 Å². The molecule has 1 aromatic rings. The van der Waals surface area contributed by atoms with Gasteiger partial charge in [-0.3, -0.25) is 0 Å². The smallest absolute Gasteiger partial charge is 0.358 e. The molecule has 0 aliphatic carbocycles. The fraction of sp³-hybridized carbons (Fsp3) is 0.250. The highest BCUT2D eigenvalue weighted by Crippen LogP contribution is 2.38. The van der Waals surface area contributed by atoms with E-state index in [1.807, 2.05) is 0 Å². The quantitative estimate of drug-likeness (QED) is 0.467. The molecule has 1 aliphatic heterocycles. The Balaban J connectivity index is 2.69. The van der Waals surface area contributed by atoms with Crippen LogP contribution in [0.5, 0.6) is 0 Å². The molecule has 0 bridgehead atoms. The summed E-state index contributed by atoms with van der Waals surface area (Å²) in [6.45, 7) is 0. The van der Waals surface area contributed by atoms with E-state index in [9.17, 15) is 36.5 Å². The monoisotopic (exact) mass is 348 g/mol. The van der Waals surface area contributed by atoms with Crippen molar-refractivity contribution in [3.05, 3.63) is 27.0 Å². The van der Waals surface area contributed by atoms with Crippen LogP contribution in [0.3, 0.4) is 0 Å². The molecule has 0 amide bonds. The minimum Gasteiger partial charge on any atom is -0.358 e. The van der Waals surface area contributed by atoms with E-state index in [0.717, 1.165) is 0 Å². The van der Waals surface area contributed by atoms with Crippen molar-refractivity contribution in [3.8, 4) is 0 Å². The lowest BCUT2D eigenvalue weighted by atomic mass is 10.2. The summed E-state index contributed by atoms with van der Waals surface area (Å²) in [5, 5.41) is 15.1. The first-order valence-corrected chi connectivity index (χ1v) is 5.38. The third-order valence-corrected chi connectivity index (χ3v) is 2.56. The number of halogens is 7. The molecule has 14 heteroatoms. The van der Waals surface area contributed by atoms with Crippen molar-refractivity contribution in [3.63, 3.8) is 0 Å². The number of nitrogens with zero attached hydrogens (tertiary/aromatic N) is 5. The number of nitro groups is 1. The van der Waals surface area contributed by atoms with Gasteiger partial charge < -0.3 is 10.1 Å². The summed E-state index contributed by atoms with van der Waals surface area (Å²) in [5.41, 5.74) is -3.21. The predicted octanol–water partition coefficient (Wildman–Crippen LogP) is 2.71. The molecule has 0 saturated heterocycles. The van der Waals surface area contributed by atoms with Crippen molar-refractivity contribution >= 4 is 28.8 Å². The SMILES string of the molecule is O=[N+]([O-])c1cc(Cl)n(C2=C(C(F)(F)F)[N]N=C2C(F)(F)F)n1. The molecule has 0 aromatic carbocycles. The molecule has 0 unspecified atom stereocenters. The first kappa shape index (κ1) is 16.1. The van der Waals surface area contributed by atoms with Crippen LogP contribution < -0.4 is 5.43 Å². The third kappa shape index (κ3) is 2.70. The zero-order chi connectivity index (χ0) is 16.9.